The van der Waals surface area contributed by atoms with Gasteiger partial charge in [-0.3, -0.25) is 9.59 Å². The summed E-state index contributed by atoms with van der Waals surface area (Å²) >= 11 is 1.41. The van der Waals surface area contributed by atoms with E-state index >= 15 is 0 Å². The zero-order valence-corrected chi connectivity index (χ0v) is 21.2. The number of aryl methyl sites for hydroxylation is 3. The summed E-state index contributed by atoms with van der Waals surface area (Å²) in [7, 11) is 0. The van der Waals surface area contributed by atoms with Crippen molar-refractivity contribution in [2.24, 2.45) is 0 Å². The topological polar surface area (TPSA) is 56.3 Å². The van der Waals surface area contributed by atoms with Crippen LogP contribution < -0.4 is 4.74 Å². The first kappa shape index (κ1) is 26.6. The molecule has 0 saturated heterocycles. The Labute approximate surface area is 207 Å². The van der Waals surface area contributed by atoms with Crippen molar-refractivity contribution >= 4 is 22.9 Å². The number of carbonyl (C=O) groups is 2. The lowest BCUT2D eigenvalue weighted by Gasteiger charge is -2.24. The van der Waals surface area contributed by atoms with E-state index in [4.69, 9.17) is 4.74 Å². The van der Waals surface area contributed by atoms with Gasteiger partial charge in [0.1, 0.15) is 10.8 Å². The van der Waals surface area contributed by atoms with E-state index in [0.717, 1.165) is 28.3 Å². The zero-order chi connectivity index (χ0) is 26.0. The van der Waals surface area contributed by atoms with Crippen molar-refractivity contribution in [3.8, 4) is 16.3 Å². The maximum Gasteiger partial charge on any atom is 0.416 e. The number of alkyl halides is 3. The highest BCUT2D eigenvalue weighted by molar-refractivity contribution is 7.15. The number of benzene rings is 2. The minimum absolute atomic E-state index is 0.0305. The molecule has 186 valence electrons. The third kappa shape index (κ3) is 6.36. The van der Waals surface area contributed by atoms with E-state index < -0.39 is 17.3 Å². The number of Topliss-reactive ketones (excluding diaryl/α,β-unsaturated/α-hetero) is 2. The second kappa shape index (κ2) is 10.3. The van der Waals surface area contributed by atoms with Gasteiger partial charge in [0.25, 0.3) is 0 Å². The van der Waals surface area contributed by atoms with Crippen LogP contribution in [-0.4, -0.2) is 22.2 Å². The molecule has 0 atom stereocenters. The van der Waals surface area contributed by atoms with Crippen molar-refractivity contribution in [2.75, 3.05) is 0 Å². The van der Waals surface area contributed by atoms with Gasteiger partial charge in [-0.1, -0.05) is 19.1 Å². The Balaban J connectivity index is 1.72. The van der Waals surface area contributed by atoms with E-state index in [1.54, 1.807) is 32.0 Å². The largest absolute Gasteiger partial charge is 0.480 e. The van der Waals surface area contributed by atoms with Crippen LogP contribution in [0.5, 0.6) is 5.75 Å². The number of hydrogen-bond acceptors (Lipinski definition) is 5. The van der Waals surface area contributed by atoms with E-state index in [1.165, 1.54) is 30.4 Å². The number of thiazole rings is 1. The Morgan fingerprint density at radius 3 is 2.26 bits per heavy atom. The molecular formula is C27H28F3NO3S. The summed E-state index contributed by atoms with van der Waals surface area (Å²) < 4.78 is 44.4. The van der Waals surface area contributed by atoms with Crippen LogP contribution in [0, 0.1) is 6.92 Å². The van der Waals surface area contributed by atoms with E-state index in [1.807, 2.05) is 13.8 Å². The summed E-state index contributed by atoms with van der Waals surface area (Å²) in [4.78, 5) is 30.2. The second-order valence-electron chi connectivity index (χ2n) is 8.89. The third-order valence-electron chi connectivity index (χ3n) is 5.86. The average Bonchev–Trinajstić information content (AvgIpc) is 3.21. The number of rotatable bonds is 9. The van der Waals surface area contributed by atoms with Crippen molar-refractivity contribution in [1.82, 2.24) is 4.98 Å². The molecule has 0 N–H and O–H groups in total. The molecule has 0 fully saturated rings. The number of halogens is 3. The van der Waals surface area contributed by atoms with Gasteiger partial charge in [0.05, 0.1) is 11.3 Å². The molecule has 0 aliphatic rings. The van der Waals surface area contributed by atoms with Crippen molar-refractivity contribution in [2.45, 2.75) is 65.7 Å². The first-order valence-corrected chi connectivity index (χ1v) is 12.1. The summed E-state index contributed by atoms with van der Waals surface area (Å²) in [5.41, 5.74) is 1.14. The number of nitrogens with zero attached hydrogens (tertiary/aromatic N) is 1. The lowest BCUT2D eigenvalue weighted by Crippen LogP contribution is -2.36. The monoisotopic (exact) mass is 503 g/mol. The van der Waals surface area contributed by atoms with Crippen LogP contribution in [-0.2, 0) is 23.8 Å². The fourth-order valence-electron chi connectivity index (χ4n) is 3.44. The van der Waals surface area contributed by atoms with Crippen molar-refractivity contribution in [3.05, 3.63) is 69.7 Å². The molecule has 3 aromatic rings. The highest BCUT2D eigenvalue weighted by Gasteiger charge is 2.30. The maximum atomic E-state index is 12.9. The standard InChI is InChI=1S/C27H28F3NO3S/c1-6-21-24(35-25(31-21)18-7-10-20(11-8-18)27(28,29)30)14-12-22(33)19-9-13-23(16(2)15-19)34-26(4,5)17(3)32/h7-11,13,15H,6,12,14H2,1-5H3. The van der Waals surface area contributed by atoms with Gasteiger partial charge >= 0.3 is 6.18 Å². The zero-order valence-electron chi connectivity index (χ0n) is 20.4. The summed E-state index contributed by atoms with van der Waals surface area (Å²) in [6, 6.07) is 10.1. The first-order chi connectivity index (χ1) is 16.3. The number of aromatic nitrogens is 1. The molecule has 0 radical (unpaired) electrons. The molecular weight excluding hydrogens is 475 g/mol. The number of carbonyl (C=O) groups excluding carboxylic acids is 2. The Morgan fingerprint density at radius 2 is 1.71 bits per heavy atom. The van der Waals surface area contributed by atoms with Gasteiger partial charge in [-0.05, 0) is 76.4 Å². The molecule has 0 unspecified atom stereocenters. The van der Waals surface area contributed by atoms with Gasteiger partial charge in [0.15, 0.2) is 17.2 Å². The quantitative estimate of drug-likeness (QED) is 0.288. The van der Waals surface area contributed by atoms with E-state index in [-0.39, 0.29) is 18.0 Å². The molecule has 1 aromatic heterocycles. The Morgan fingerprint density at radius 1 is 1.06 bits per heavy atom. The fraction of sp³-hybridized carbons (Fsp3) is 0.370. The highest BCUT2D eigenvalue weighted by Crippen LogP contribution is 2.34. The van der Waals surface area contributed by atoms with Gasteiger partial charge in [0.2, 0.25) is 0 Å². The summed E-state index contributed by atoms with van der Waals surface area (Å²) in [6.07, 6.45) is -2.94. The normalized spacial score (nSPS) is 12.0. The molecule has 8 heteroatoms. The van der Waals surface area contributed by atoms with E-state index in [2.05, 4.69) is 4.98 Å². The van der Waals surface area contributed by atoms with Gasteiger partial charge < -0.3 is 4.74 Å². The summed E-state index contributed by atoms with van der Waals surface area (Å²) in [6.45, 7) is 8.67. The molecule has 0 saturated carbocycles. The molecule has 1 heterocycles. The first-order valence-electron chi connectivity index (χ1n) is 11.3. The summed E-state index contributed by atoms with van der Waals surface area (Å²) in [5, 5.41) is 0.642. The van der Waals surface area contributed by atoms with Gasteiger partial charge in [-0.25, -0.2) is 4.98 Å². The molecule has 2 aromatic carbocycles. The fourth-order valence-corrected chi connectivity index (χ4v) is 4.59. The van der Waals surface area contributed by atoms with Crippen LogP contribution in [0.4, 0.5) is 13.2 Å². The highest BCUT2D eigenvalue weighted by atomic mass is 32.1. The smallest absolute Gasteiger partial charge is 0.416 e. The lowest BCUT2D eigenvalue weighted by molar-refractivity contribution is -0.137. The molecule has 35 heavy (non-hydrogen) atoms. The summed E-state index contributed by atoms with van der Waals surface area (Å²) in [5.74, 6) is 0.430. The molecule has 0 aliphatic heterocycles. The second-order valence-corrected chi connectivity index (χ2v) is 9.97. The SMILES string of the molecule is CCc1nc(-c2ccc(C(F)(F)F)cc2)sc1CCC(=O)c1ccc(OC(C)(C)C(C)=O)c(C)c1. The Kier molecular flexibility index (Phi) is 7.84. The minimum Gasteiger partial charge on any atom is -0.480 e. The van der Waals surface area contributed by atoms with Crippen LogP contribution in [0.3, 0.4) is 0 Å². The van der Waals surface area contributed by atoms with Gasteiger partial charge in [-0.2, -0.15) is 13.2 Å². The predicted octanol–water partition coefficient (Wildman–Crippen LogP) is 7.26. The molecule has 0 spiro atoms. The third-order valence-corrected chi connectivity index (χ3v) is 7.07. The van der Waals surface area contributed by atoms with Crippen molar-refractivity contribution in [1.29, 1.82) is 0 Å². The molecule has 3 rings (SSSR count). The molecule has 4 nitrogen and oxygen atoms in total. The number of ether oxygens (including phenoxy) is 1. The average molecular weight is 504 g/mol. The van der Waals surface area contributed by atoms with Crippen LogP contribution in [0.1, 0.15) is 66.2 Å². The lowest BCUT2D eigenvalue weighted by atomic mass is 10.0. The van der Waals surface area contributed by atoms with Crippen LogP contribution >= 0.6 is 11.3 Å². The maximum absolute atomic E-state index is 12.9. The molecule has 0 amide bonds. The minimum atomic E-state index is -4.38. The number of hydrogen-bond donors (Lipinski definition) is 0. The van der Waals surface area contributed by atoms with Crippen molar-refractivity contribution < 1.29 is 27.5 Å². The van der Waals surface area contributed by atoms with Crippen LogP contribution in [0.25, 0.3) is 10.6 Å². The van der Waals surface area contributed by atoms with Crippen LogP contribution in [0.15, 0.2) is 42.5 Å². The number of ketones is 2. The van der Waals surface area contributed by atoms with Crippen molar-refractivity contribution in [3.63, 3.8) is 0 Å². The van der Waals surface area contributed by atoms with Gasteiger partial charge in [-0.15, -0.1) is 11.3 Å². The van der Waals surface area contributed by atoms with Gasteiger partial charge in [0, 0.05) is 22.4 Å². The predicted molar refractivity (Wildman–Crippen MR) is 131 cm³/mol. The molecule has 0 bridgehead atoms. The molecule has 0 aliphatic carbocycles. The van der Waals surface area contributed by atoms with E-state index in [0.29, 0.717) is 34.7 Å². The van der Waals surface area contributed by atoms with E-state index in [9.17, 15) is 22.8 Å². The van der Waals surface area contributed by atoms with Crippen LogP contribution in [0.2, 0.25) is 0 Å². The Bertz CT molecular complexity index is 1230. The Hall–Kier alpha value is -3.00.